The number of rotatable bonds is 5. The fourth-order valence-electron chi connectivity index (χ4n) is 4.47. The number of piperidine rings is 1. The van der Waals surface area contributed by atoms with Gasteiger partial charge in [0.15, 0.2) is 5.65 Å². The van der Waals surface area contributed by atoms with Crippen molar-refractivity contribution in [3.05, 3.63) is 35.4 Å². The number of aromatic nitrogens is 3. The third kappa shape index (κ3) is 5.67. The maximum absolute atomic E-state index is 12.5. The average Bonchev–Trinajstić information content (AvgIpc) is 3.24. The van der Waals surface area contributed by atoms with Gasteiger partial charge < -0.3 is 24.3 Å². The summed E-state index contributed by atoms with van der Waals surface area (Å²) >= 11 is 6.52. The number of alkyl halides is 3. The maximum Gasteiger partial charge on any atom is 0.397 e. The van der Waals surface area contributed by atoms with Gasteiger partial charge in [0.1, 0.15) is 12.5 Å². The summed E-state index contributed by atoms with van der Waals surface area (Å²) in [4.78, 5) is 27.4. The number of hydrogen-bond acceptors (Lipinski definition) is 6. The van der Waals surface area contributed by atoms with E-state index in [1.165, 1.54) is 4.90 Å². The summed E-state index contributed by atoms with van der Waals surface area (Å²) in [7, 11) is 0. The number of nitrogens with one attached hydrogen (secondary N) is 1. The first-order valence-corrected chi connectivity index (χ1v) is 12.1. The zero-order chi connectivity index (χ0) is 25.3. The third-order valence-electron chi connectivity index (χ3n) is 6.35. The van der Waals surface area contributed by atoms with E-state index in [0.29, 0.717) is 47.9 Å². The van der Waals surface area contributed by atoms with Crippen LogP contribution >= 0.6 is 11.6 Å². The molecule has 0 bridgehead atoms. The van der Waals surface area contributed by atoms with E-state index in [2.05, 4.69) is 19.9 Å². The summed E-state index contributed by atoms with van der Waals surface area (Å²) in [5.74, 6) is -0.908. The van der Waals surface area contributed by atoms with Gasteiger partial charge in [0.25, 0.3) is 6.01 Å². The molecular formula is C24H25ClF3N5O3. The summed E-state index contributed by atoms with van der Waals surface area (Å²) in [6.45, 7) is 3.53. The molecule has 0 saturated carbocycles. The lowest BCUT2D eigenvalue weighted by Crippen LogP contribution is -2.43. The monoisotopic (exact) mass is 523 g/mol. The average molecular weight is 524 g/mol. The lowest BCUT2D eigenvalue weighted by Gasteiger charge is -2.31. The zero-order valence-electron chi connectivity index (χ0n) is 19.4. The molecule has 12 heteroatoms. The lowest BCUT2D eigenvalue weighted by atomic mass is 10.1. The van der Waals surface area contributed by atoms with Crippen molar-refractivity contribution >= 4 is 34.4 Å². The van der Waals surface area contributed by atoms with Crippen LogP contribution in [0.4, 0.5) is 18.9 Å². The van der Waals surface area contributed by atoms with Crippen LogP contribution in [-0.2, 0) is 9.53 Å². The Morgan fingerprint density at radius 2 is 1.81 bits per heavy atom. The number of morpholine rings is 1. The van der Waals surface area contributed by atoms with E-state index < -0.39 is 18.5 Å². The number of anilines is 1. The molecule has 1 aromatic carbocycles. The summed E-state index contributed by atoms with van der Waals surface area (Å²) in [5, 5.41) is 0.466. The van der Waals surface area contributed by atoms with Gasteiger partial charge in [0, 0.05) is 50.3 Å². The number of halogens is 4. The number of ether oxygens (including phenoxy) is 2. The van der Waals surface area contributed by atoms with Crippen LogP contribution in [0.1, 0.15) is 19.3 Å². The molecule has 0 radical (unpaired) electrons. The smallest absolute Gasteiger partial charge is 0.397 e. The van der Waals surface area contributed by atoms with Crippen LogP contribution < -0.4 is 9.64 Å². The molecule has 36 heavy (non-hydrogen) atoms. The second-order valence-corrected chi connectivity index (χ2v) is 9.28. The number of hydrogen-bond donors (Lipinski definition) is 1. The lowest BCUT2D eigenvalue weighted by molar-refractivity contribution is -0.162. The predicted molar refractivity (Wildman–Crippen MR) is 128 cm³/mol. The van der Waals surface area contributed by atoms with Gasteiger partial charge in [-0.1, -0.05) is 23.7 Å². The van der Waals surface area contributed by atoms with Crippen LogP contribution in [0.5, 0.6) is 6.01 Å². The fraction of sp³-hybridized carbons (Fsp3) is 0.458. The van der Waals surface area contributed by atoms with Crippen molar-refractivity contribution in [1.29, 1.82) is 0 Å². The van der Waals surface area contributed by atoms with Crippen molar-refractivity contribution in [3.8, 4) is 17.3 Å². The topological polar surface area (TPSA) is 83.6 Å². The van der Waals surface area contributed by atoms with Crippen molar-refractivity contribution in [2.45, 2.75) is 31.5 Å². The molecule has 1 amide bonds. The third-order valence-corrected chi connectivity index (χ3v) is 6.63. The van der Waals surface area contributed by atoms with Crippen LogP contribution in [-0.4, -0.2) is 77.4 Å². The second-order valence-electron chi connectivity index (χ2n) is 8.87. The van der Waals surface area contributed by atoms with Crippen molar-refractivity contribution in [3.63, 3.8) is 0 Å². The van der Waals surface area contributed by atoms with E-state index in [0.717, 1.165) is 24.3 Å². The SMILES string of the molecule is O=C(CC(F)(F)F)N1CCC(Oc2nc3nc(-c4ccc(N5CCOCC5)cc4)c(Cl)cc3[nH]2)CC1. The Bertz CT molecular complexity index is 1220. The molecule has 2 fully saturated rings. The molecule has 4 heterocycles. The first-order valence-electron chi connectivity index (χ1n) is 11.8. The minimum atomic E-state index is -4.50. The number of benzene rings is 1. The minimum Gasteiger partial charge on any atom is -0.461 e. The number of carbonyl (C=O) groups excluding carboxylic acids is 1. The summed E-state index contributed by atoms with van der Waals surface area (Å²) in [5.41, 5.74) is 3.63. The summed E-state index contributed by atoms with van der Waals surface area (Å²) in [6.07, 6.45) is -5.39. The number of amides is 1. The van der Waals surface area contributed by atoms with E-state index in [1.807, 2.05) is 24.3 Å². The minimum absolute atomic E-state index is 0.203. The number of fused-ring (bicyclic) bond motifs is 1. The maximum atomic E-state index is 12.5. The standard InChI is InChI=1S/C24H25ClF3N5O3/c25-18-13-19-22(30-21(18)15-1-3-16(4-2-15)32-9-11-35-12-10-32)31-23(29-19)36-17-5-7-33(8-6-17)20(34)14-24(26,27)28/h1-4,13,17H,5-12,14H2,(H,29,30,31). The number of aromatic amines is 1. The highest BCUT2D eigenvalue weighted by Crippen LogP contribution is 2.31. The molecule has 2 aliphatic heterocycles. The highest BCUT2D eigenvalue weighted by molar-refractivity contribution is 6.33. The van der Waals surface area contributed by atoms with Crippen molar-refractivity contribution in [2.75, 3.05) is 44.3 Å². The fourth-order valence-corrected chi connectivity index (χ4v) is 4.73. The van der Waals surface area contributed by atoms with Gasteiger partial charge in [-0.2, -0.15) is 18.2 Å². The van der Waals surface area contributed by atoms with Gasteiger partial charge in [-0.25, -0.2) is 4.98 Å². The number of imidazole rings is 1. The van der Waals surface area contributed by atoms with Crippen LogP contribution in [0.25, 0.3) is 22.4 Å². The number of likely N-dealkylation sites (tertiary alicyclic amines) is 1. The molecule has 192 valence electrons. The zero-order valence-corrected chi connectivity index (χ0v) is 20.1. The summed E-state index contributed by atoms with van der Waals surface area (Å²) < 4.78 is 48.8. The van der Waals surface area contributed by atoms with Crippen molar-refractivity contribution in [1.82, 2.24) is 19.9 Å². The van der Waals surface area contributed by atoms with Gasteiger partial charge in [-0.15, -0.1) is 0 Å². The molecule has 0 unspecified atom stereocenters. The number of pyridine rings is 1. The molecule has 0 spiro atoms. The Labute approximate surface area is 210 Å². The molecule has 2 aliphatic rings. The Morgan fingerprint density at radius 3 is 2.47 bits per heavy atom. The first kappa shape index (κ1) is 24.6. The quantitative estimate of drug-likeness (QED) is 0.532. The molecular weight excluding hydrogens is 499 g/mol. The van der Waals surface area contributed by atoms with Gasteiger partial charge in [-0.05, 0) is 18.2 Å². The van der Waals surface area contributed by atoms with E-state index in [9.17, 15) is 18.0 Å². The highest BCUT2D eigenvalue weighted by Gasteiger charge is 2.35. The van der Waals surface area contributed by atoms with E-state index in [4.69, 9.17) is 21.1 Å². The summed E-state index contributed by atoms with van der Waals surface area (Å²) in [6, 6.07) is 10.0. The molecule has 0 aliphatic carbocycles. The van der Waals surface area contributed by atoms with Crippen LogP contribution in [0.2, 0.25) is 5.02 Å². The van der Waals surface area contributed by atoms with E-state index in [1.54, 1.807) is 6.07 Å². The number of carbonyl (C=O) groups is 1. The van der Waals surface area contributed by atoms with E-state index >= 15 is 0 Å². The molecule has 0 atom stereocenters. The number of nitrogens with zero attached hydrogens (tertiary/aromatic N) is 4. The van der Waals surface area contributed by atoms with Crippen molar-refractivity contribution in [2.24, 2.45) is 0 Å². The Hall–Kier alpha value is -3.05. The van der Waals surface area contributed by atoms with Crippen LogP contribution in [0, 0.1) is 0 Å². The molecule has 8 nitrogen and oxygen atoms in total. The first-order chi connectivity index (χ1) is 17.2. The highest BCUT2D eigenvalue weighted by atomic mass is 35.5. The molecule has 2 aromatic heterocycles. The van der Waals surface area contributed by atoms with Gasteiger partial charge in [0.05, 0.1) is 29.4 Å². The molecule has 3 aromatic rings. The van der Waals surface area contributed by atoms with Crippen LogP contribution in [0.15, 0.2) is 30.3 Å². The Balaban J connectivity index is 1.24. The van der Waals surface area contributed by atoms with E-state index in [-0.39, 0.29) is 25.2 Å². The predicted octanol–water partition coefficient (Wildman–Crippen LogP) is 4.44. The van der Waals surface area contributed by atoms with Crippen molar-refractivity contribution < 1.29 is 27.4 Å². The molecule has 5 rings (SSSR count). The second kappa shape index (κ2) is 10.1. The molecule has 1 N–H and O–H groups in total. The largest absolute Gasteiger partial charge is 0.461 e. The Morgan fingerprint density at radius 1 is 1.11 bits per heavy atom. The van der Waals surface area contributed by atoms with Crippen LogP contribution in [0.3, 0.4) is 0 Å². The van der Waals surface area contributed by atoms with Gasteiger partial charge >= 0.3 is 6.18 Å². The Kier molecular flexibility index (Phi) is 6.94. The number of H-pyrrole nitrogens is 1. The molecule has 2 saturated heterocycles. The normalized spacial score (nSPS) is 17.6. The van der Waals surface area contributed by atoms with Gasteiger partial charge in [0.2, 0.25) is 5.91 Å². The van der Waals surface area contributed by atoms with Gasteiger partial charge in [-0.3, -0.25) is 4.79 Å².